The predicted molar refractivity (Wildman–Crippen MR) is 136 cm³/mol. The van der Waals surface area contributed by atoms with Gasteiger partial charge in [-0.1, -0.05) is 12.1 Å². The van der Waals surface area contributed by atoms with Gasteiger partial charge in [0.2, 0.25) is 11.7 Å². The summed E-state index contributed by atoms with van der Waals surface area (Å²) in [6.45, 7) is 0.288. The normalized spacial score (nSPS) is 12.8. The van der Waals surface area contributed by atoms with Crippen LogP contribution < -0.4 is 22.5 Å². The SMILES string of the molecule is N/C=N\CN.Nc1ncnc2c3c(n(-c4ccc(CC(=O)Nc5cnc(C(F)(F)F)nc5)cc4)c12)CCC3. The zero-order valence-electron chi connectivity index (χ0n) is 20.1. The van der Waals surface area contributed by atoms with Crippen LogP contribution in [-0.2, 0) is 30.2 Å². The highest BCUT2D eigenvalue weighted by Gasteiger charge is 2.34. The molecule has 3 heterocycles. The maximum atomic E-state index is 12.6. The molecule has 0 atom stereocenters. The van der Waals surface area contributed by atoms with Gasteiger partial charge in [0, 0.05) is 11.4 Å². The van der Waals surface area contributed by atoms with Crippen molar-refractivity contribution in [2.75, 3.05) is 17.7 Å². The number of carbonyl (C=O) groups excluding carboxylic acids is 1. The summed E-state index contributed by atoms with van der Waals surface area (Å²) in [5.41, 5.74) is 21.5. The Balaban J connectivity index is 0.000000617. The number of aromatic nitrogens is 5. The number of nitrogens with two attached hydrogens (primary N) is 3. The Morgan fingerprint density at radius 2 is 1.82 bits per heavy atom. The summed E-state index contributed by atoms with van der Waals surface area (Å²) in [6.07, 6.45) is 2.84. The van der Waals surface area contributed by atoms with E-state index in [9.17, 15) is 18.0 Å². The molecule has 7 N–H and O–H groups in total. The molecule has 0 aliphatic heterocycles. The molecule has 0 unspecified atom stereocenters. The highest BCUT2D eigenvalue weighted by Crippen LogP contribution is 2.36. The number of benzene rings is 1. The molecule has 0 fully saturated rings. The second-order valence-electron chi connectivity index (χ2n) is 8.27. The highest BCUT2D eigenvalue weighted by molar-refractivity contribution is 5.92. The van der Waals surface area contributed by atoms with Crippen molar-refractivity contribution in [3.8, 4) is 5.69 Å². The quantitative estimate of drug-likeness (QED) is 0.226. The van der Waals surface area contributed by atoms with E-state index in [0.717, 1.165) is 53.9 Å². The molecular formula is C24H25F3N10O. The Labute approximate surface area is 215 Å². The van der Waals surface area contributed by atoms with E-state index in [2.05, 4.69) is 34.8 Å². The van der Waals surface area contributed by atoms with Crippen molar-refractivity contribution in [2.45, 2.75) is 31.9 Å². The lowest BCUT2D eigenvalue weighted by atomic mass is 10.1. The molecule has 1 aromatic carbocycles. The number of fused-ring (bicyclic) bond motifs is 3. The number of hydrogen-bond acceptors (Lipinski definition) is 8. The summed E-state index contributed by atoms with van der Waals surface area (Å²) in [4.78, 5) is 30.8. The fraction of sp³-hybridized carbons (Fsp3) is 0.250. The summed E-state index contributed by atoms with van der Waals surface area (Å²) in [7, 11) is 0. The summed E-state index contributed by atoms with van der Waals surface area (Å²) in [6, 6.07) is 7.44. The first-order chi connectivity index (χ1) is 18.2. The van der Waals surface area contributed by atoms with Crippen molar-refractivity contribution in [3.63, 3.8) is 0 Å². The fourth-order valence-corrected chi connectivity index (χ4v) is 4.24. The van der Waals surface area contributed by atoms with E-state index in [-0.39, 0.29) is 18.8 Å². The van der Waals surface area contributed by atoms with Gasteiger partial charge in [-0.25, -0.2) is 19.9 Å². The monoisotopic (exact) mass is 526 g/mol. The molecule has 1 aliphatic rings. The maximum Gasteiger partial charge on any atom is 0.451 e. The molecular weight excluding hydrogens is 501 g/mol. The number of aliphatic imine (C=N–C) groups is 1. The first-order valence-corrected chi connectivity index (χ1v) is 11.5. The minimum atomic E-state index is -4.63. The number of aryl methyl sites for hydroxylation is 1. The van der Waals surface area contributed by atoms with Gasteiger partial charge in [0.05, 0.1) is 43.0 Å². The van der Waals surface area contributed by atoms with Crippen LogP contribution in [0.3, 0.4) is 0 Å². The van der Waals surface area contributed by atoms with E-state index in [1.807, 2.05) is 24.3 Å². The molecule has 0 spiro atoms. The lowest BCUT2D eigenvalue weighted by Crippen LogP contribution is -2.16. The molecule has 38 heavy (non-hydrogen) atoms. The van der Waals surface area contributed by atoms with Crippen LogP contribution in [0, 0.1) is 0 Å². The fourth-order valence-electron chi connectivity index (χ4n) is 4.24. The van der Waals surface area contributed by atoms with Crippen LogP contribution in [0.15, 0.2) is 48.0 Å². The van der Waals surface area contributed by atoms with Gasteiger partial charge in [-0.2, -0.15) is 13.2 Å². The van der Waals surface area contributed by atoms with Crippen molar-refractivity contribution in [3.05, 3.63) is 65.6 Å². The molecule has 0 bridgehead atoms. The van der Waals surface area contributed by atoms with E-state index in [0.29, 0.717) is 5.82 Å². The van der Waals surface area contributed by atoms with Crippen LogP contribution in [0.5, 0.6) is 0 Å². The van der Waals surface area contributed by atoms with Crippen LogP contribution >= 0.6 is 0 Å². The van der Waals surface area contributed by atoms with Gasteiger partial charge in [0.1, 0.15) is 11.8 Å². The summed E-state index contributed by atoms with van der Waals surface area (Å²) < 4.78 is 39.8. The smallest absolute Gasteiger partial charge is 0.390 e. The minimum Gasteiger partial charge on any atom is -0.390 e. The van der Waals surface area contributed by atoms with Gasteiger partial charge in [-0.3, -0.25) is 9.79 Å². The number of rotatable bonds is 5. The second-order valence-corrected chi connectivity index (χ2v) is 8.27. The number of carbonyl (C=O) groups is 1. The van der Waals surface area contributed by atoms with Gasteiger partial charge >= 0.3 is 6.18 Å². The Hall–Kier alpha value is -4.59. The van der Waals surface area contributed by atoms with Crippen molar-refractivity contribution < 1.29 is 18.0 Å². The van der Waals surface area contributed by atoms with Crippen molar-refractivity contribution in [1.82, 2.24) is 24.5 Å². The molecule has 5 rings (SSSR count). The Kier molecular flexibility index (Phi) is 7.81. The second kappa shape index (κ2) is 11.2. The van der Waals surface area contributed by atoms with Gasteiger partial charge in [-0.15, -0.1) is 0 Å². The van der Waals surface area contributed by atoms with Crippen LogP contribution in [0.25, 0.3) is 16.7 Å². The highest BCUT2D eigenvalue weighted by atomic mass is 19.4. The van der Waals surface area contributed by atoms with Crippen LogP contribution in [0.1, 0.15) is 29.1 Å². The first-order valence-electron chi connectivity index (χ1n) is 11.5. The standard InChI is InChI=1S/C22H18F3N7O.C2H7N3/c23-22(24,25)21-27-9-13(10-28-21)31-17(33)8-12-4-6-14(7-5-12)32-16-3-1-2-15(16)18-19(32)20(26)30-11-29-18;3-1-5-2-4/h4-7,9-11H,1-3,8H2,(H,31,33)(H2,26,29,30);1H,2,4H2,(H2,3,5). The van der Waals surface area contributed by atoms with Crippen LogP contribution in [-0.4, -0.2) is 43.4 Å². The third kappa shape index (κ3) is 5.70. The summed E-state index contributed by atoms with van der Waals surface area (Å²) in [5, 5.41) is 2.51. The number of anilines is 2. The molecule has 0 radical (unpaired) electrons. The largest absolute Gasteiger partial charge is 0.451 e. The molecule has 14 heteroatoms. The Morgan fingerprint density at radius 1 is 1.11 bits per heavy atom. The predicted octanol–water partition coefficient (Wildman–Crippen LogP) is 2.37. The topological polar surface area (TPSA) is 176 Å². The molecule has 1 amide bonds. The number of alkyl halides is 3. The molecule has 11 nitrogen and oxygen atoms in total. The molecule has 4 aromatic rings. The third-order valence-corrected chi connectivity index (χ3v) is 5.78. The lowest BCUT2D eigenvalue weighted by Gasteiger charge is -2.11. The van der Waals surface area contributed by atoms with Gasteiger partial charge in [-0.05, 0) is 42.5 Å². The van der Waals surface area contributed by atoms with Gasteiger partial charge in [0.25, 0.3) is 0 Å². The van der Waals surface area contributed by atoms with Crippen molar-refractivity contribution in [1.29, 1.82) is 0 Å². The number of nitrogens with zero attached hydrogens (tertiary/aromatic N) is 6. The van der Waals surface area contributed by atoms with Gasteiger partial charge in [0.15, 0.2) is 5.82 Å². The van der Waals surface area contributed by atoms with Crippen LogP contribution in [0.4, 0.5) is 24.7 Å². The maximum absolute atomic E-state index is 12.6. The number of halogens is 3. The molecule has 3 aromatic heterocycles. The lowest BCUT2D eigenvalue weighted by molar-refractivity contribution is -0.144. The molecule has 0 saturated carbocycles. The van der Waals surface area contributed by atoms with Crippen molar-refractivity contribution in [2.24, 2.45) is 16.5 Å². The number of nitrogens with one attached hydrogen (secondary N) is 1. The zero-order chi connectivity index (χ0) is 27.3. The Bertz CT molecular complexity index is 1450. The average Bonchev–Trinajstić information content (AvgIpc) is 3.47. The van der Waals surface area contributed by atoms with E-state index in [1.54, 1.807) is 0 Å². The number of nitrogen functional groups attached to an aromatic ring is 1. The van der Waals surface area contributed by atoms with Crippen LogP contribution in [0.2, 0.25) is 0 Å². The van der Waals surface area contributed by atoms with E-state index >= 15 is 0 Å². The van der Waals surface area contributed by atoms with Crippen molar-refractivity contribution >= 4 is 34.8 Å². The summed E-state index contributed by atoms with van der Waals surface area (Å²) in [5.74, 6) is -1.24. The molecule has 1 aliphatic carbocycles. The minimum absolute atomic E-state index is 0.0388. The van der Waals surface area contributed by atoms with E-state index in [1.165, 1.54) is 23.9 Å². The summed E-state index contributed by atoms with van der Waals surface area (Å²) >= 11 is 0. The molecule has 198 valence electrons. The number of amides is 1. The number of hydrogen-bond donors (Lipinski definition) is 4. The van der Waals surface area contributed by atoms with Gasteiger partial charge < -0.3 is 27.1 Å². The third-order valence-electron chi connectivity index (χ3n) is 5.78. The first kappa shape index (κ1) is 26.5. The van der Waals surface area contributed by atoms with E-state index in [4.69, 9.17) is 17.2 Å². The zero-order valence-corrected chi connectivity index (χ0v) is 20.1. The molecule has 0 saturated heterocycles. The average molecular weight is 527 g/mol. The van der Waals surface area contributed by atoms with E-state index < -0.39 is 17.9 Å². The Morgan fingerprint density at radius 3 is 2.42 bits per heavy atom.